The van der Waals surface area contributed by atoms with Gasteiger partial charge in [-0.1, -0.05) is 0 Å². The Balaban J connectivity index is 2.32. The molecule has 0 atom stereocenters. The van der Waals surface area contributed by atoms with Crippen molar-refractivity contribution in [2.24, 2.45) is 4.69 Å². The molecular weight excluding hydrogens is 111 g/mol. The van der Waals surface area contributed by atoms with Gasteiger partial charge in [0.25, 0.3) is 0 Å². The third-order valence-corrected chi connectivity index (χ3v) is 0. The fourth-order valence-electron chi connectivity index (χ4n) is 0. The molecule has 0 aromatic rings. The Morgan fingerprint density at radius 3 is 1.50 bits per heavy atom. The van der Waals surface area contributed by atoms with E-state index in [9.17, 15) is 0 Å². The summed E-state index contributed by atoms with van der Waals surface area (Å²) in [7, 11) is 0. The van der Waals surface area contributed by atoms with Crippen LogP contribution >= 0.6 is 0 Å². The van der Waals surface area contributed by atoms with Crippen LogP contribution < -0.4 is 4.69 Å². The van der Waals surface area contributed by atoms with E-state index >= 15 is 0 Å². The van der Waals surface area contributed by atoms with E-state index in [1.807, 2.05) is 0 Å². The van der Waals surface area contributed by atoms with Gasteiger partial charge in [0.15, 0.2) is 0 Å². The Kier molecular flexibility index (Phi) is 2.01. The van der Waals surface area contributed by atoms with Gasteiger partial charge in [0, 0.05) is 0 Å². The molecule has 0 heterocycles. The van der Waals surface area contributed by atoms with Crippen LogP contribution in [-0.4, -0.2) is 14.6 Å². The Morgan fingerprint density at radius 1 is 1.50 bits per heavy atom. The van der Waals surface area contributed by atoms with E-state index in [0.29, 0.717) is 0 Å². The first kappa shape index (κ1) is 4.50. The van der Waals surface area contributed by atoms with E-state index in [1.165, 1.54) is 0 Å². The molecule has 2 heteroatoms. The van der Waals surface area contributed by atoms with Crippen LogP contribution in [0, 0.1) is 0 Å². The molecule has 0 aliphatic rings. The Bertz CT molecular complexity index is 10.8. The average Bonchev–Trinajstić information content (AvgIpc) is 0.811. The van der Waals surface area contributed by atoms with Gasteiger partial charge in [0.2, 0.25) is 0 Å². The summed E-state index contributed by atoms with van der Waals surface area (Å²) in [6, 6.07) is 0. The first-order chi connectivity index (χ1) is 1.73. The summed E-state index contributed by atoms with van der Waals surface area (Å²) < 4.78 is 5.30. The molecule has 4 heavy (non-hydrogen) atoms. The number of rotatable bonds is 0. The predicted octanol–water partition coefficient (Wildman–Crippen LogP) is -0.0715. The average molecular weight is 120 g/mol. The SMILES string of the molecule is [CH3][GeH]([CH3])[NH2]. The normalized spacial score (nSPS) is 9.00. The minimum absolute atomic E-state index is 0.979. The third-order valence-electron chi connectivity index (χ3n) is 0. The van der Waals surface area contributed by atoms with E-state index in [-0.39, 0.29) is 0 Å². The molecule has 0 saturated heterocycles. The maximum absolute atomic E-state index is 5.30. The van der Waals surface area contributed by atoms with Crippen LogP contribution in [0.3, 0.4) is 0 Å². The summed E-state index contributed by atoms with van der Waals surface area (Å²) in [5.41, 5.74) is 0. The molecule has 0 aliphatic heterocycles. The van der Waals surface area contributed by atoms with Crippen molar-refractivity contribution in [3.63, 3.8) is 0 Å². The summed E-state index contributed by atoms with van der Waals surface area (Å²) in [4.78, 5) is 0. The summed E-state index contributed by atoms with van der Waals surface area (Å²) >= 11 is -0.979. The first-order valence-corrected chi connectivity index (χ1v) is 7.73. The molecule has 0 unspecified atom stereocenters. The molecule has 1 nitrogen and oxygen atoms in total. The van der Waals surface area contributed by atoms with Gasteiger partial charge in [-0.2, -0.15) is 0 Å². The van der Waals surface area contributed by atoms with Crippen molar-refractivity contribution in [1.82, 2.24) is 0 Å². The molecule has 0 spiro atoms. The van der Waals surface area contributed by atoms with Crippen LogP contribution in [0.2, 0.25) is 11.5 Å². The number of hydrogen-bond acceptors (Lipinski definition) is 1. The van der Waals surface area contributed by atoms with Gasteiger partial charge in [-0.3, -0.25) is 0 Å². The molecular formula is C2H9GeN. The molecule has 0 saturated carbocycles. The van der Waals surface area contributed by atoms with Crippen LogP contribution in [0.4, 0.5) is 0 Å². The van der Waals surface area contributed by atoms with Gasteiger partial charge < -0.3 is 0 Å². The predicted molar refractivity (Wildman–Crippen MR) is 23.1 cm³/mol. The van der Waals surface area contributed by atoms with Crippen molar-refractivity contribution in [2.45, 2.75) is 11.5 Å². The molecule has 2 N–H and O–H groups in total. The molecule has 26 valence electrons. The van der Waals surface area contributed by atoms with Crippen molar-refractivity contribution < 1.29 is 0 Å². The van der Waals surface area contributed by atoms with Crippen molar-refractivity contribution in [2.75, 3.05) is 0 Å². The zero-order valence-corrected chi connectivity index (χ0v) is 5.58. The number of nitrogens with two attached hydrogens (primary N) is 1. The van der Waals surface area contributed by atoms with Crippen LogP contribution in [-0.2, 0) is 0 Å². The van der Waals surface area contributed by atoms with Crippen molar-refractivity contribution >= 4 is 14.6 Å². The standard InChI is InChI=1S/C2H9GeN/c1-3(2)4/h3H,4H2,1-2H3. The second kappa shape index (κ2) is 1.79. The van der Waals surface area contributed by atoms with Gasteiger partial charge in [-0.15, -0.1) is 0 Å². The molecule has 0 aromatic carbocycles. The van der Waals surface area contributed by atoms with Crippen LogP contribution in [0.25, 0.3) is 0 Å². The molecule has 0 radical (unpaired) electrons. The Hall–Kier alpha value is 0.503. The topological polar surface area (TPSA) is 26.0 Å². The summed E-state index contributed by atoms with van der Waals surface area (Å²) in [5.74, 6) is 4.26. The van der Waals surface area contributed by atoms with Gasteiger partial charge in [0.1, 0.15) is 0 Å². The molecule has 0 fully saturated rings. The second-order valence-corrected chi connectivity index (χ2v) is 6.46. The summed E-state index contributed by atoms with van der Waals surface area (Å²) in [6.45, 7) is 0. The van der Waals surface area contributed by atoms with Gasteiger partial charge in [0.05, 0.1) is 0 Å². The van der Waals surface area contributed by atoms with E-state index in [4.69, 9.17) is 4.69 Å². The van der Waals surface area contributed by atoms with Crippen molar-refractivity contribution in [1.29, 1.82) is 0 Å². The third kappa shape index (κ3) is 22.4. The van der Waals surface area contributed by atoms with E-state index in [0.717, 1.165) is 0 Å². The monoisotopic (exact) mass is 121 g/mol. The molecule has 0 amide bonds. The zero-order valence-electron chi connectivity index (χ0n) is 3.15. The van der Waals surface area contributed by atoms with Gasteiger partial charge in [-0.05, 0) is 0 Å². The Labute approximate surface area is 31.5 Å². The molecule has 0 aliphatic carbocycles. The number of hydrogen-bond donors (Lipinski definition) is 1. The molecule has 0 rings (SSSR count). The van der Waals surface area contributed by atoms with Crippen molar-refractivity contribution in [3.05, 3.63) is 0 Å². The summed E-state index contributed by atoms with van der Waals surface area (Å²) in [6.07, 6.45) is 0. The van der Waals surface area contributed by atoms with E-state index in [1.54, 1.807) is 0 Å². The summed E-state index contributed by atoms with van der Waals surface area (Å²) in [5, 5.41) is 0. The van der Waals surface area contributed by atoms with E-state index in [2.05, 4.69) is 11.5 Å². The van der Waals surface area contributed by atoms with Gasteiger partial charge >= 0.3 is 30.8 Å². The Morgan fingerprint density at radius 2 is 1.50 bits per heavy atom. The fraction of sp³-hybridized carbons (Fsp3) is 1.00. The second-order valence-electron chi connectivity index (χ2n) is 1.24. The maximum atomic E-state index is 5.30. The molecule has 0 bridgehead atoms. The zero-order chi connectivity index (χ0) is 3.58. The quantitative estimate of drug-likeness (QED) is 0.444. The van der Waals surface area contributed by atoms with Gasteiger partial charge in [-0.25, -0.2) is 0 Å². The van der Waals surface area contributed by atoms with E-state index < -0.39 is 14.6 Å². The van der Waals surface area contributed by atoms with Crippen molar-refractivity contribution in [3.8, 4) is 0 Å². The van der Waals surface area contributed by atoms with Crippen LogP contribution in [0.1, 0.15) is 0 Å². The fourth-order valence-corrected chi connectivity index (χ4v) is 0. The molecule has 0 aromatic heterocycles. The van der Waals surface area contributed by atoms with Crippen LogP contribution in [0.15, 0.2) is 0 Å². The van der Waals surface area contributed by atoms with Crippen LogP contribution in [0.5, 0.6) is 0 Å². The first-order valence-electron chi connectivity index (χ1n) is 1.49. The minimum atomic E-state index is -0.979.